The summed E-state index contributed by atoms with van der Waals surface area (Å²) in [5, 5.41) is 5.44. The SMILES string of the molecule is CC(C)(C)OC(=O)c1c(-c2ccc(Cl)cc2)csc1NC(=O)OCc1ccccc1. The minimum atomic E-state index is -0.679. The third-order valence-electron chi connectivity index (χ3n) is 3.98. The highest BCUT2D eigenvalue weighted by molar-refractivity contribution is 7.15. The molecule has 1 heterocycles. The maximum atomic E-state index is 12.9. The number of carbonyl (C=O) groups is 2. The van der Waals surface area contributed by atoms with Crippen molar-refractivity contribution in [2.75, 3.05) is 5.32 Å². The van der Waals surface area contributed by atoms with E-state index in [0.29, 0.717) is 15.6 Å². The number of rotatable bonds is 5. The molecule has 0 saturated carbocycles. The van der Waals surface area contributed by atoms with Crippen molar-refractivity contribution in [3.63, 3.8) is 0 Å². The zero-order chi connectivity index (χ0) is 21.7. The molecule has 0 saturated heterocycles. The molecule has 3 rings (SSSR count). The van der Waals surface area contributed by atoms with Gasteiger partial charge in [0.15, 0.2) is 0 Å². The van der Waals surface area contributed by atoms with Gasteiger partial charge in [-0.1, -0.05) is 54.1 Å². The molecule has 0 spiro atoms. The van der Waals surface area contributed by atoms with Crippen LogP contribution in [0.3, 0.4) is 0 Å². The highest BCUT2D eigenvalue weighted by Gasteiger charge is 2.26. The number of carbonyl (C=O) groups excluding carboxylic acids is 2. The lowest BCUT2D eigenvalue weighted by atomic mass is 10.0. The van der Waals surface area contributed by atoms with E-state index >= 15 is 0 Å². The summed E-state index contributed by atoms with van der Waals surface area (Å²) in [5.41, 5.74) is 1.93. The summed E-state index contributed by atoms with van der Waals surface area (Å²) in [5.74, 6) is -0.521. The number of hydrogen-bond donors (Lipinski definition) is 1. The number of thiophene rings is 1. The molecule has 0 atom stereocenters. The van der Waals surface area contributed by atoms with E-state index in [9.17, 15) is 9.59 Å². The fraction of sp³-hybridized carbons (Fsp3) is 0.217. The largest absolute Gasteiger partial charge is 0.456 e. The fourth-order valence-electron chi connectivity index (χ4n) is 2.68. The summed E-state index contributed by atoms with van der Waals surface area (Å²) < 4.78 is 10.9. The second-order valence-corrected chi connectivity index (χ2v) is 8.87. The molecule has 0 aliphatic rings. The van der Waals surface area contributed by atoms with Crippen LogP contribution in [0.25, 0.3) is 11.1 Å². The number of halogens is 1. The summed E-state index contributed by atoms with van der Waals surface area (Å²) in [4.78, 5) is 25.3. The van der Waals surface area contributed by atoms with Gasteiger partial charge in [0.2, 0.25) is 0 Å². The second-order valence-electron chi connectivity index (χ2n) is 7.55. The Morgan fingerprint density at radius 1 is 1.03 bits per heavy atom. The first-order valence-electron chi connectivity index (χ1n) is 9.31. The van der Waals surface area contributed by atoms with Crippen molar-refractivity contribution in [1.29, 1.82) is 0 Å². The molecule has 3 aromatic rings. The number of nitrogens with one attached hydrogen (secondary N) is 1. The summed E-state index contributed by atoms with van der Waals surface area (Å²) in [6.45, 7) is 5.51. The maximum absolute atomic E-state index is 12.9. The van der Waals surface area contributed by atoms with Crippen LogP contribution >= 0.6 is 22.9 Å². The Balaban J connectivity index is 1.85. The molecular weight excluding hydrogens is 422 g/mol. The smallest absolute Gasteiger partial charge is 0.412 e. The minimum Gasteiger partial charge on any atom is -0.456 e. The van der Waals surface area contributed by atoms with Gasteiger partial charge in [-0.3, -0.25) is 5.32 Å². The molecule has 0 radical (unpaired) electrons. The van der Waals surface area contributed by atoms with Gasteiger partial charge in [0.05, 0.1) is 0 Å². The van der Waals surface area contributed by atoms with E-state index in [1.165, 1.54) is 11.3 Å². The summed E-state index contributed by atoms with van der Waals surface area (Å²) in [6, 6.07) is 16.5. The molecule has 0 unspecified atom stereocenters. The zero-order valence-corrected chi connectivity index (χ0v) is 18.5. The van der Waals surface area contributed by atoms with Crippen molar-refractivity contribution in [2.45, 2.75) is 33.0 Å². The number of hydrogen-bond acceptors (Lipinski definition) is 5. The molecule has 1 aromatic heterocycles. The van der Waals surface area contributed by atoms with Gasteiger partial charge in [-0.2, -0.15) is 0 Å². The molecule has 1 N–H and O–H groups in total. The molecule has 156 valence electrons. The van der Waals surface area contributed by atoms with Gasteiger partial charge in [0.25, 0.3) is 0 Å². The van der Waals surface area contributed by atoms with E-state index in [0.717, 1.165) is 11.1 Å². The zero-order valence-electron chi connectivity index (χ0n) is 16.9. The molecule has 7 heteroatoms. The van der Waals surface area contributed by atoms with Crippen molar-refractivity contribution in [3.8, 4) is 11.1 Å². The van der Waals surface area contributed by atoms with Crippen LogP contribution in [-0.2, 0) is 16.1 Å². The predicted molar refractivity (Wildman–Crippen MR) is 120 cm³/mol. The molecule has 0 fully saturated rings. The molecule has 0 aliphatic heterocycles. The second kappa shape index (κ2) is 9.32. The minimum absolute atomic E-state index is 0.129. The molecular formula is C23H22ClNO4S. The third-order valence-corrected chi connectivity index (χ3v) is 5.13. The first-order chi connectivity index (χ1) is 14.2. The van der Waals surface area contributed by atoms with Gasteiger partial charge in [0, 0.05) is 16.0 Å². The Bertz CT molecular complexity index is 1020. The number of ether oxygens (including phenoxy) is 2. The lowest BCUT2D eigenvalue weighted by molar-refractivity contribution is 0.00721. The van der Waals surface area contributed by atoms with Crippen LogP contribution in [0.1, 0.15) is 36.7 Å². The van der Waals surface area contributed by atoms with Crippen LogP contribution in [0.5, 0.6) is 0 Å². The normalized spacial score (nSPS) is 11.1. The average Bonchev–Trinajstić information content (AvgIpc) is 3.10. The van der Waals surface area contributed by atoms with Crippen molar-refractivity contribution in [2.24, 2.45) is 0 Å². The Kier molecular flexibility index (Phi) is 6.80. The van der Waals surface area contributed by atoms with Crippen LogP contribution in [0, 0.1) is 0 Å². The number of anilines is 1. The quantitative estimate of drug-likeness (QED) is 0.442. The van der Waals surface area contributed by atoms with E-state index in [1.807, 2.05) is 42.5 Å². The molecule has 2 aromatic carbocycles. The molecule has 5 nitrogen and oxygen atoms in total. The molecule has 1 amide bonds. The Morgan fingerprint density at radius 2 is 1.70 bits per heavy atom. The van der Waals surface area contributed by atoms with Crippen molar-refractivity contribution in [1.82, 2.24) is 0 Å². The van der Waals surface area contributed by atoms with Gasteiger partial charge in [-0.25, -0.2) is 9.59 Å². The summed E-state index contributed by atoms with van der Waals surface area (Å²) in [6.07, 6.45) is -0.645. The highest BCUT2D eigenvalue weighted by Crippen LogP contribution is 2.37. The van der Waals surface area contributed by atoms with Gasteiger partial charge >= 0.3 is 12.1 Å². The monoisotopic (exact) mass is 443 g/mol. The maximum Gasteiger partial charge on any atom is 0.412 e. The van der Waals surface area contributed by atoms with E-state index in [1.54, 1.807) is 38.3 Å². The Morgan fingerprint density at radius 3 is 2.33 bits per heavy atom. The topological polar surface area (TPSA) is 64.6 Å². The standard InChI is InChI=1S/C23H22ClNO4S/c1-23(2,3)29-21(26)19-18(16-9-11-17(24)12-10-16)14-30-20(19)25-22(27)28-13-15-7-5-4-6-8-15/h4-12,14H,13H2,1-3H3,(H,25,27). The van der Waals surface area contributed by atoms with Crippen molar-refractivity contribution in [3.05, 3.63) is 76.1 Å². The van der Waals surface area contributed by atoms with Gasteiger partial charge < -0.3 is 9.47 Å². The fourth-order valence-corrected chi connectivity index (χ4v) is 3.74. The lowest BCUT2D eigenvalue weighted by Crippen LogP contribution is -2.25. The highest BCUT2D eigenvalue weighted by atomic mass is 35.5. The van der Waals surface area contributed by atoms with Crippen LogP contribution < -0.4 is 5.32 Å². The van der Waals surface area contributed by atoms with E-state index in [2.05, 4.69) is 5.32 Å². The average molecular weight is 444 g/mol. The van der Waals surface area contributed by atoms with E-state index in [-0.39, 0.29) is 12.2 Å². The van der Waals surface area contributed by atoms with Crippen LogP contribution in [0.15, 0.2) is 60.0 Å². The molecule has 30 heavy (non-hydrogen) atoms. The van der Waals surface area contributed by atoms with Crippen LogP contribution in [0.4, 0.5) is 9.80 Å². The predicted octanol–water partition coefficient (Wildman–Crippen LogP) is 6.77. The number of benzene rings is 2. The number of esters is 1. The summed E-state index contributed by atoms with van der Waals surface area (Å²) in [7, 11) is 0. The first-order valence-corrected chi connectivity index (χ1v) is 10.6. The van der Waals surface area contributed by atoms with Crippen LogP contribution in [0.2, 0.25) is 5.02 Å². The van der Waals surface area contributed by atoms with Crippen LogP contribution in [-0.4, -0.2) is 17.7 Å². The first kappa shape index (κ1) is 21.9. The number of amides is 1. The van der Waals surface area contributed by atoms with E-state index < -0.39 is 17.7 Å². The van der Waals surface area contributed by atoms with E-state index in [4.69, 9.17) is 21.1 Å². The Hall–Kier alpha value is -2.83. The molecule has 0 bridgehead atoms. The van der Waals surface area contributed by atoms with Gasteiger partial charge in [0.1, 0.15) is 22.8 Å². The van der Waals surface area contributed by atoms with Gasteiger partial charge in [-0.15, -0.1) is 11.3 Å². The third kappa shape index (κ3) is 5.84. The summed E-state index contributed by atoms with van der Waals surface area (Å²) >= 11 is 7.22. The van der Waals surface area contributed by atoms with Crippen molar-refractivity contribution >= 4 is 40.0 Å². The molecule has 0 aliphatic carbocycles. The van der Waals surface area contributed by atoms with Gasteiger partial charge in [-0.05, 0) is 44.0 Å². The lowest BCUT2D eigenvalue weighted by Gasteiger charge is -2.20. The Labute approximate surface area is 184 Å². The van der Waals surface area contributed by atoms with Crippen molar-refractivity contribution < 1.29 is 19.1 Å².